The van der Waals surface area contributed by atoms with Gasteiger partial charge in [-0.1, -0.05) is 13.8 Å². The van der Waals surface area contributed by atoms with Gasteiger partial charge in [0.25, 0.3) is 5.91 Å². The van der Waals surface area contributed by atoms with E-state index in [4.69, 9.17) is 14.7 Å². The molecule has 0 unspecified atom stereocenters. The van der Waals surface area contributed by atoms with Gasteiger partial charge in [0.1, 0.15) is 5.75 Å². The van der Waals surface area contributed by atoms with Crippen molar-refractivity contribution in [1.29, 1.82) is 5.26 Å². The first-order valence-corrected chi connectivity index (χ1v) is 8.50. The average molecular weight is 344 g/mol. The maximum atomic E-state index is 12.2. The summed E-state index contributed by atoms with van der Waals surface area (Å²) in [6.45, 7) is 6.95. The van der Waals surface area contributed by atoms with Crippen LogP contribution in [0.4, 0.5) is 0 Å². The van der Waals surface area contributed by atoms with Crippen molar-refractivity contribution < 1.29 is 19.1 Å². The molecule has 0 N–H and O–H groups in total. The number of hydrogen-bond acceptors (Lipinski definition) is 5. The third-order valence-corrected chi connectivity index (χ3v) is 4.19. The summed E-state index contributed by atoms with van der Waals surface area (Å²) in [4.78, 5) is 26.0. The lowest BCUT2D eigenvalue weighted by Gasteiger charge is -2.34. The number of likely N-dealkylation sites (tertiary alicyclic amines) is 1. The van der Waals surface area contributed by atoms with Crippen LogP contribution in [0.3, 0.4) is 0 Å². The normalized spacial score (nSPS) is 21.1. The van der Waals surface area contributed by atoms with Crippen molar-refractivity contribution in [1.82, 2.24) is 4.90 Å². The number of nitrogens with zero attached hydrogens (tertiary/aromatic N) is 2. The SMILES string of the molecule is C[C@@H]1C[C@H](C)CN(C(=O)COC(=O)[C@@H](C)Oc2ccc(C#N)cc2)C1. The minimum atomic E-state index is -0.833. The van der Waals surface area contributed by atoms with E-state index in [1.54, 1.807) is 36.1 Å². The fraction of sp³-hybridized carbons (Fsp3) is 0.526. The molecule has 1 amide bonds. The third kappa shape index (κ3) is 5.49. The zero-order valence-electron chi connectivity index (χ0n) is 14.9. The maximum Gasteiger partial charge on any atom is 0.347 e. The van der Waals surface area contributed by atoms with Gasteiger partial charge in [-0.15, -0.1) is 0 Å². The van der Waals surface area contributed by atoms with Crippen molar-refractivity contribution in [2.75, 3.05) is 19.7 Å². The Morgan fingerprint density at radius 1 is 1.24 bits per heavy atom. The smallest absolute Gasteiger partial charge is 0.347 e. The molecule has 6 heteroatoms. The molecule has 0 aliphatic carbocycles. The Bertz CT molecular complexity index is 640. The van der Waals surface area contributed by atoms with E-state index in [1.165, 1.54) is 0 Å². The second-order valence-electron chi connectivity index (χ2n) is 6.75. The first-order valence-electron chi connectivity index (χ1n) is 8.50. The summed E-state index contributed by atoms with van der Waals surface area (Å²) in [5, 5.41) is 8.76. The summed E-state index contributed by atoms with van der Waals surface area (Å²) in [5.74, 6) is 0.630. The first-order chi connectivity index (χ1) is 11.9. The molecule has 6 nitrogen and oxygen atoms in total. The van der Waals surface area contributed by atoms with E-state index in [2.05, 4.69) is 13.8 Å². The minimum Gasteiger partial charge on any atom is -0.479 e. The second-order valence-corrected chi connectivity index (χ2v) is 6.75. The molecule has 3 atom stereocenters. The minimum absolute atomic E-state index is 0.169. The Kier molecular flexibility index (Phi) is 6.40. The molecule has 0 spiro atoms. The van der Waals surface area contributed by atoms with Crippen LogP contribution >= 0.6 is 0 Å². The van der Waals surface area contributed by atoms with Crippen molar-refractivity contribution >= 4 is 11.9 Å². The summed E-state index contributed by atoms with van der Waals surface area (Å²) in [6.07, 6.45) is 0.277. The maximum absolute atomic E-state index is 12.2. The monoisotopic (exact) mass is 344 g/mol. The van der Waals surface area contributed by atoms with Crippen molar-refractivity contribution in [3.05, 3.63) is 29.8 Å². The lowest BCUT2D eigenvalue weighted by Crippen LogP contribution is -2.44. The fourth-order valence-electron chi connectivity index (χ4n) is 3.07. The summed E-state index contributed by atoms with van der Waals surface area (Å²) in [6, 6.07) is 8.45. The van der Waals surface area contributed by atoms with E-state index in [1.807, 2.05) is 6.07 Å². The van der Waals surface area contributed by atoms with Crippen LogP contribution in [0.1, 0.15) is 32.8 Å². The molecule has 1 fully saturated rings. The third-order valence-electron chi connectivity index (χ3n) is 4.19. The van der Waals surface area contributed by atoms with E-state index in [0.717, 1.165) is 6.42 Å². The first kappa shape index (κ1) is 18.8. The summed E-state index contributed by atoms with van der Waals surface area (Å²) in [7, 11) is 0. The van der Waals surface area contributed by atoms with Crippen LogP contribution in [0.25, 0.3) is 0 Å². The van der Waals surface area contributed by atoms with Gasteiger partial charge in [0.2, 0.25) is 0 Å². The number of amides is 1. The van der Waals surface area contributed by atoms with E-state index in [0.29, 0.717) is 36.2 Å². The number of carbonyl (C=O) groups is 2. The van der Waals surface area contributed by atoms with Gasteiger partial charge in [-0.2, -0.15) is 5.26 Å². The van der Waals surface area contributed by atoms with Crippen LogP contribution in [0.5, 0.6) is 5.75 Å². The molecule has 1 heterocycles. The number of rotatable bonds is 5. The molecule has 1 saturated heterocycles. The lowest BCUT2D eigenvalue weighted by molar-refractivity contribution is -0.158. The Labute approximate surface area is 148 Å². The highest BCUT2D eigenvalue weighted by Gasteiger charge is 2.26. The van der Waals surface area contributed by atoms with Gasteiger partial charge in [-0.25, -0.2) is 4.79 Å². The quantitative estimate of drug-likeness (QED) is 0.766. The van der Waals surface area contributed by atoms with Crippen LogP contribution < -0.4 is 4.74 Å². The number of benzene rings is 1. The van der Waals surface area contributed by atoms with Gasteiger partial charge in [0.05, 0.1) is 11.6 Å². The van der Waals surface area contributed by atoms with Gasteiger partial charge in [0, 0.05) is 13.1 Å². The molecule has 0 saturated carbocycles. The number of piperidine rings is 1. The standard InChI is InChI=1S/C19H24N2O4/c1-13-8-14(2)11-21(10-13)18(22)12-24-19(23)15(3)25-17-6-4-16(9-20)5-7-17/h4-7,13-15H,8,10-12H2,1-3H3/t13-,14+,15-/m1/s1. The average Bonchev–Trinajstić information content (AvgIpc) is 2.59. The molecular formula is C19H24N2O4. The van der Waals surface area contributed by atoms with Crippen LogP contribution in [0, 0.1) is 23.2 Å². The van der Waals surface area contributed by atoms with Gasteiger partial charge in [-0.05, 0) is 49.4 Å². The van der Waals surface area contributed by atoms with E-state index < -0.39 is 12.1 Å². The van der Waals surface area contributed by atoms with Gasteiger partial charge < -0.3 is 14.4 Å². The molecule has 0 aromatic heterocycles. The van der Waals surface area contributed by atoms with E-state index in [-0.39, 0.29) is 12.5 Å². The largest absolute Gasteiger partial charge is 0.479 e. The highest BCUT2D eigenvalue weighted by Crippen LogP contribution is 2.21. The van der Waals surface area contributed by atoms with Crippen molar-refractivity contribution in [2.45, 2.75) is 33.3 Å². The Hall–Kier alpha value is -2.55. The molecule has 0 bridgehead atoms. The lowest BCUT2D eigenvalue weighted by atomic mass is 9.92. The van der Waals surface area contributed by atoms with Gasteiger partial charge >= 0.3 is 5.97 Å². The van der Waals surface area contributed by atoms with Crippen LogP contribution in [-0.2, 0) is 14.3 Å². The van der Waals surface area contributed by atoms with Crippen LogP contribution in [0.15, 0.2) is 24.3 Å². The zero-order chi connectivity index (χ0) is 18.4. The summed E-state index contributed by atoms with van der Waals surface area (Å²) in [5.41, 5.74) is 0.512. The molecule has 134 valence electrons. The number of carbonyl (C=O) groups excluding carboxylic acids is 2. The van der Waals surface area contributed by atoms with Crippen LogP contribution in [-0.4, -0.2) is 42.6 Å². The fourth-order valence-corrected chi connectivity index (χ4v) is 3.07. The molecule has 1 aromatic rings. The van der Waals surface area contributed by atoms with Crippen LogP contribution in [0.2, 0.25) is 0 Å². The molecule has 1 aliphatic rings. The number of ether oxygens (including phenoxy) is 2. The number of esters is 1. The summed E-state index contributed by atoms with van der Waals surface area (Å²) >= 11 is 0. The van der Waals surface area contributed by atoms with E-state index >= 15 is 0 Å². The molecule has 1 aliphatic heterocycles. The van der Waals surface area contributed by atoms with E-state index in [9.17, 15) is 9.59 Å². The van der Waals surface area contributed by atoms with Crippen molar-refractivity contribution in [3.63, 3.8) is 0 Å². The molecule has 1 aromatic carbocycles. The number of hydrogen-bond donors (Lipinski definition) is 0. The zero-order valence-corrected chi connectivity index (χ0v) is 14.9. The Morgan fingerprint density at radius 3 is 2.40 bits per heavy atom. The van der Waals surface area contributed by atoms with Crippen molar-refractivity contribution in [3.8, 4) is 11.8 Å². The topological polar surface area (TPSA) is 79.6 Å². The highest BCUT2D eigenvalue weighted by molar-refractivity contribution is 5.82. The van der Waals surface area contributed by atoms with Gasteiger partial charge in [-0.3, -0.25) is 4.79 Å². The molecular weight excluding hydrogens is 320 g/mol. The molecule has 2 rings (SSSR count). The predicted octanol–water partition coefficient (Wildman–Crippen LogP) is 2.37. The highest BCUT2D eigenvalue weighted by atomic mass is 16.6. The molecule has 0 radical (unpaired) electrons. The number of nitriles is 1. The van der Waals surface area contributed by atoms with Crippen molar-refractivity contribution in [2.24, 2.45) is 11.8 Å². The molecule has 25 heavy (non-hydrogen) atoms. The summed E-state index contributed by atoms with van der Waals surface area (Å²) < 4.78 is 10.6. The second kappa shape index (κ2) is 8.52. The predicted molar refractivity (Wildman–Crippen MR) is 91.7 cm³/mol. The Morgan fingerprint density at radius 2 is 1.84 bits per heavy atom. The van der Waals surface area contributed by atoms with Gasteiger partial charge in [0.15, 0.2) is 12.7 Å². The Balaban J connectivity index is 1.80.